The predicted molar refractivity (Wildman–Crippen MR) is 58.2 cm³/mol. The topological polar surface area (TPSA) is 106 Å². The second-order valence-electron chi connectivity index (χ2n) is 3.91. The quantitative estimate of drug-likeness (QED) is 0.396. The van der Waals surface area contributed by atoms with Gasteiger partial charge in [-0.05, 0) is 0 Å². The summed E-state index contributed by atoms with van der Waals surface area (Å²) in [7, 11) is 2.65. The SMILES string of the molecule is COOC1OC(CO)C(OC)C(O)C1NC(C)=O. The Kier molecular flexibility index (Phi) is 5.93. The van der Waals surface area contributed by atoms with Crippen LogP contribution in [0.4, 0.5) is 0 Å². The third kappa shape index (κ3) is 3.37. The fourth-order valence-electron chi connectivity index (χ4n) is 1.92. The summed E-state index contributed by atoms with van der Waals surface area (Å²) in [5.41, 5.74) is 0. The fourth-order valence-corrected chi connectivity index (χ4v) is 1.92. The van der Waals surface area contributed by atoms with E-state index in [-0.39, 0.29) is 12.5 Å². The van der Waals surface area contributed by atoms with Gasteiger partial charge < -0.3 is 25.0 Å². The summed E-state index contributed by atoms with van der Waals surface area (Å²) >= 11 is 0. The molecule has 8 nitrogen and oxygen atoms in total. The van der Waals surface area contributed by atoms with Crippen LogP contribution in [0.1, 0.15) is 6.92 Å². The maximum Gasteiger partial charge on any atom is 0.217 e. The summed E-state index contributed by atoms with van der Waals surface area (Å²) < 4.78 is 10.4. The van der Waals surface area contributed by atoms with Gasteiger partial charge in [0.25, 0.3) is 0 Å². The molecule has 1 saturated heterocycles. The van der Waals surface area contributed by atoms with Gasteiger partial charge in [-0.15, -0.1) is 0 Å². The molecule has 0 bridgehead atoms. The first kappa shape index (κ1) is 15.3. The fraction of sp³-hybridized carbons (Fsp3) is 0.900. The highest BCUT2D eigenvalue weighted by Gasteiger charge is 2.46. The van der Waals surface area contributed by atoms with E-state index in [9.17, 15) is 9.90 Å². The van der Waals surface area contributed by atoms with E-state index >= 15 is 0 Å². The molecule has 5 unspecified atom stereocenters. The molecule has 5 atom stereocenters. The molecule has 0 aliphatic carbocycles. The lowest BCUT2D eigenvalue weighted by Crippen LogP contribution is -2.65. The van der Waals surface area contributed by atoms with E-state index < -0.39 is 30.6 Å². The Morgan fingerprint density at radius 1 is 1.44 bits per heavy atom. The van der Waals surface area contributed by atoms with Crippen LogP contribution in [0.25, 0.3) is 0 Å². The second kappa shape index (κ2) is 6.98. The van der Waals surface area contributed by atoms with Gasteiger partial charge in [0.2, 0.25) is 12.2 Å². The molecule has 1 amide bonds. The number of aliphatic hydroxyl groups excluding tert-OH is 2. The highest BCUT2D eigenvalue weighted by atomic mass is 17.2. The van der Waals surface area contributed by atoms with Crippen molar-refractivity contribution in [3.63, 3.8) is 0 Å². The largest absolute Gasteiger partial charge is 0.394 e. The predicted octanol–water partition coefficient (Wildman–Crippen LogP) is -1.84. The molecule has 0 aromatic carbocycles. The van der Waals surface area contributed by atoms with Crippen LogP contribution < -0.4 is 5.32 Å². The van der Waals surface area contributed by atoms with Gasteiger partial charge in [-0.3, -0.25) is 4.79 Å². The first-order valence-electron chi connectivity index (χ1n) is 5.48. The van der Waals surface area contributed by atoms with Gasteiger partial charge >= 0.3 is 0 Å². The molecule has 0 aromatic heterocycles. The van der Waals surface area contributed by atoms with Crippen LogP contribution in [0.15, 0.2) is 0 Å². The molecule has 3 N–H and O–H groups in total. The number of carbonyl (C=O) groups excluding carboxylic acids is 1. The van der Waals surface area contributed by atoms with Crippen molar-refractivity contribution in [3.05, 3.63) is 0 Å². The van der Waals surface area contributed by atoms with Crippen molar-refractivity contribution < 1.29 is 34.3 Å². The number of ether oxygens (including phenoxy) is 2. The van der Waals surface area contributed by atoms with Crippen molar-refractivity contribution in [3.8, 4) is 0 Å². The molecule has 106 valence electrons. The second-order valence-corrected chi connectivity index (χ2v) is 3.91. The van der Waals surface area contributed by atoms with E-state index in [0.717, 1.165) is 0 Å². The average Bonchev–Trinajstić information content (AvgIpc) is 2.33. The van der Waals surface area contributed by atoms with Crippen LogP contribution in [-0.4, -0.2) is 67.6 Å². The number of rotatable bonds is 5. The van der Waals surface area contributed by atoms with Crippen molar-refractivity contribution in [2.75, 3.05) is 20.8 Å². The smallest absolute Gasteiger partial charge is 0.217 e. The molecule has 8 heteroatoms. The molecule has 0 aromatic rings. The normalized spacial score (nSPS) is 36.4. The van der Waals surface area contributed by atoms with Crippen molar-refractivity contribution in [1.29, 1.82) is 0 Å². The maximum absolute atomic E-state index is 11.1. The maximum atomic E-state index is 11.1. The van der Waals surface area contributed by atoms with E-state index in [2.05, 4.69) is 10.2 Å². The molecule has 1 aliphatic rings. The number of aliphatic hydroxyl groups is 2. The van der Waals surface area contributed by atoms with Gasteiger partial charge in [-0.25, -0.2) is 9.78 Å². The van der Waals surface area contributed by atoms with Gasteiger partial charge in [0, 0.05) is 14.0 Å². The van der Waals surface area contributed by atoms with Gasteiger partial charge in [-0.1, -0.05) is 0 Å². The lowest BCUT2D eigenvalue weighted by atomic mass is 9.97. The monoisotopic (exact) mass is 265 g/mol. The van der Waals surface area contributed by atoms with Gasteiger partial charge in [0.15, 0.2) is 0 Å². The molecular formula is C10H19NO7. The summed E-state index contributed by atoms with van der Waals surface area (Å²) in [4.78, 5) is 20.4. The minimum Gasteiger partial charge on any atom is -0.394 e. The Labute approximate surface area is 105 Å². The number of methoxy groups -OCH3 is 1. The zero-order valence-electron chi connectivity index (χ0n) is 10.5. The van der Waals surface area contributed by atoms with E-state index in [1.54, 1.807) is 0 Å². The zero-order valence-corrected chi connectivity index (χ0v) is 10.5. The van der Waals surface area contributed by atoms with E-state index in [1.165, 1.54) is 21.1 Å². The first-order valence-corrected chi connectivity index (χ1v) is 5.48. The highest BCUT2D eigenvalue weighted by molar-refractivity contribution is 5.73. The summed E-state index contributed by atoms with van der Waals surface area (Å²) in [6.07, 6.45) is -3.67. The molecule has 1 heterocycles. The Bertz CT molecular complexity index is 273. The molecule has 0 spiro atoms. The van der Waals surface area contributed by atoms with Crippen molar-refractivity contribution in [2.45, 2.75) is 37.6 Å². The number of nitrogens with one attached hydrogen (secondary N) is 1. The van der Waals surface area contributed by atoms with Crippen LogP contribution in [0, 0.1) is 0 Å². The number of amides is 1. The summed E-state index contributed by atoms with van der Waals surface area (Å²) in [5, 5.41) is 21.8. The lowest BCUT2D eigenvalue weighted by molar-refractivity contribution is -0.401. The molecule has 1 rings (SSSR count). The third-order valence-corrected chi connectivity index (χ3v) is 2.69. The Morgan fingerprint density at radius 2 is 2.11 bits per heavy atom. The molecular weight excluding hydrogens is 246 g/mol. The Hall–Kier alpha value is -0.770. The van der Waals surface area contributed by atoms with Crippen LogP contribution in [0.3, 0.4) is 0 Å². The lowest BCUT2D eigenvalue weighted by Gasteiger charge is -2.42. The summed E-state index contributed by atoms with van der Waals surface area (Å²) in [6, 6.07) is -0.852. The van der Waals surface area contributed by atoms with Crippen LogP contribution in [-0.2, 0) is 24.0 Å². The average molecular weight is 265 g/mol. The third-order valence-electron chi connectivity index (χ3n) is 2.69. The van der Waals surface area contributed by atoms with E-state index in [0.29, 0.717) is 0 Å². The summed E-state index contributed by atoms with van der Waals surface area (Å²) in [5.74, 6) is -0.357. The number of hydrogen-bond acceptors (Lipinski definition) is 7. The van der Waals surface area contributed by atoms with E-state index in [4.69, 9.17) is 19.5 Å². The van der Waals surface area contributed by atoms with Crippen LogP contribution in [0.5, 0.6) is 0 Å². The molecule has 1 aliphatic heterocycles. The molecule has 0 saturated carbocycles. The Morgan fingerprint density at radius 3 is 2.56 bits per heavy atom. The van der Waals surface area contributed by atoms with E-state index in [1.807, 2.05) is 0 Å². The zero-order chi connectivity index (χ0) is 13.7. The summed E-state index contributed by atoms with van der Waals surface area (Å²) in [6.45, 7) is 0.947. The van der Waals surface area contributed by atoms with Crippen LogP contribution in [0.2, 0.25) is 0 Å². The van der Waals surface area contributed by atoms with Crippen molar-refractivity contribution in [1.82, 2.24) is 5.32 Å². The van der Waals surface area contributed by atoms with Crippen molar-refractivity contribution in [2.24, 2.45) is 0 Å². The van der Waals surface area contributed by atoms with Gasteiger partial charge in [0.1, 0.15) is 24.4 Å². The highest BCUT2D eigenvalue weighted by Crippen LogP contribution is 2.24. The van der Waals surface area contributed by atoms with Gasteiger partial charge in [0.05, 0.1) is 13.7 Å². The number of hydrogen-bond donors (Lipinski definition) is 3. The van der Waals surface area contributed by atoms with Crippen LogP contribution >= 0.6 is 0 Å². The Balaban J connectivity index is 2.84. The minimum absolute atomic E-state index is 0.355. The standard InChI is InChI=1S/C10H19NO7/c1-5(13)11-7-8(14)9(15-2)6(4-12)17-10(7)18-16-3/h6-10,12,14H,4H2,1-3H3,(H,11,13). The van der Waals surface area contributed by atoms with Crippen molar-refractivity contribution >= 4 is 5.91 Å². The van der Waals surface area contributed by atoms with Gasteiger partial charge in [-0.2, -0.15) is 0 Å². The first-order chi connectivity index (χ1) is 8.54. The number of carbonyl (C=O) groups is 1. The minimum atomic E-state index is -1.09. The molecule has 18 heavy (non-hydrogen) atoms. The molecule has 1 fully saturated rings. The molecule has 0 radical (unpaired) electrons.